The van der Waals surface area contributed by atoms with E-state index in [1.54, 1.807) is 0 Å². The van der Waals surface area contributed by atoms with Crippen molar-refractivity contribution in [3.05, 3.63) is 95.6 Å². The highest BCUT2D eigenvalue weighted by molar-refractivity contribution is 8.00. The zero-order chi connectivity index (χ0) is 22.7. The second kappa shape index (κ2) is 12.6. The minimum atomic E-state index is -3.15. The van der Waals surface area contributed by atoms with Gasteiger partial charge in [-0.3, -0.25) is 4.57 Å². The molecule has 0 heterocycles. The van der Waals surface area contributed by atoms with E-state index < -0.39 is 6.49 Å². The number of hydrogen-bond acceptors (Lipinski definition) is 4. The summed E-state index contributed by atoms with van der Waals surface area (Å²) < 4.78 is 24.7. The van der Waals surface area contributed by atoms with Crippen LogP contribution in [-0.4, -0.2) is 19.8 Å². The van der Waals surface area contributed by atoms with E-state index in [-0.39, 0.29) is 0 Å². The highest BCUT2D eigenvalue weighted by Crippen LogP contribution is 2.49. The van der Waals surface area contributed by atoms with Crippen molar-refractivity contribution in [2.75, 3.05) is 19.8 Å². The molecule has 166 valence electrons. The van der Waals surface area contributed by atoms with Gasteiger partial charge in [-0.05, 0) is 46.8 Å². The van der Waals surface area contributed by atoms with Crippen LogP contribution in [0.25, 0.3) is 0 Å². The molecule has 1 unspecified atom stereocenters. The number of ether oxygens (including phenoxy) is 2. The van der Waals surface area contributed by atoms with Crippen molar-refractivity contribution in [3.63, 3.8) is 0 Å². The lowest BCUT2D eigenvalue weighted by molar-refractivity contribution is 0.0397. The SMILES string of the molecule is N#CCc1ccccc1COCCOCCCc1ccccc1P(=O)(Cl)c1ccccc1. The molecule has 3 rings (SSSR count). The van der Waals surface area contributed by atoms with Crippen LogP contribution in [0.3, 0.4) is 0 Å². The van der Waals surface area contributed by atoms with Crippen molar-refractivity contribution in [2.24, 2.45) is 0 Å². The third-order valence-electron chi connectivity index (χ3n) is 5.14. The van der Waals surface area contributed by atoms with Crippen LogP contribution < -0.4 is 10.6 Å². The van der Waals surface area contributed by atoms with E-state index in [1.165, 1.54) is 0 Å². The minimum Gasteiger partial charge on any atom is -0.379 e. The van der Waals surface area contributed by atoms with Crippen molar-refractivity contribution in [1.82, 2.24) is 0 Å². The molecule has 3 aromatic carbocycles. The van der Waals surface area contributed by atoms with Gasteiger partial charge in [0.2, 0.25) is 6.49 Å². The first-order chi connectivity index (χ1) is 15.6. The van der Waals surface area contributed by atoms with E-state index in [4.69, 9.17) is 26.0 Å². The summed E-state index contributed by atoms with van der Waals surface area (Å²) in [4.78, 5) is 0. The molecular formula is C26H27ClNO3P. The van der Waals surface area contributed by atoms with Crippen LogP contribution >= 0.6 is 17.7 Å². The Morgan fingerprint density at radius 3 is 2.16 bits per heavy atom. The molecule has 0 aliphatic heterocycles. The van der Waals surface area contributed by atoms with Gasteiger partial charge >= 0.3 is 0 Å². The number of benzene rings is 3. The van der Waals surface area contributed by atoms with E-state index in [9.17, 15) is 4.57 Å². The van der Waals surface area contributed by atoms with E-state index in [1.807, 2.05) is 78.9 Å². The normalized spacial score (nSPS) is 12.8. The van der Waals surface area contributed by atoms with Gasteiger partial charge in [-0.25, -0.2) is 0 Å². The highest BCUT2D eigenvalue weighted by atomic mass is 35.7. The smallest absolute Gasteiger partial charge is 0.226 e. The Bertz CT molecular complexity index is 1080. The van der Waals surface area contributed by atoms with E-state index in [2.05, 4.69) is 6.07 Å². The molecule has 0 aliphatic rings. The second-order valence-electron chi connectivity index (χ2n) is 7.37. The molecule has 0 fully saturated rings. The average Bonchev–Trinajstić information content (AvgIpc) is 2.82. The fourth-order valence-corrected chi connectivity index (χ4v) is 5.98. The first-order valence-corrected chi connectivity index (χ1v) is 13.3. The average molecular weight is 468 g/mol. The quantitative estimate of drug-likeness (QED) is 0.265. The maximum Gasteiger partial charge on any atom is 0.226 e. The van der Waals surface area contributed by atoms with Gasteiger partial charge < -0.3 is 9.47 Å². The number of halogens is 1. The molecule has 0 aliphatic carbocycles. The van der Waals surface area contributed by atoms with Gasteiger partial charge in [0.05, 0.1) is 32.3 Å². The van der Waals surface area contributed by atoms with Gasteiger partial charge in [-0.1, -0.05) is 72.8 Å². The van der Waals surface area contributed by atoms with Crippen LogP contribution in [0, 0.1) is 11.3 Å². The Morgan fingerprint density at radius 2 is 1.41 bits per heavy atom. The Balaban J connectivity index is 1.42. The van der Waals surface area contributed by atoms with E-state index in [0.29, 0.717) is 43.5 Å². The molecule has 0 amide bonds. The maximum atomic E-state index is 13.3. The first-order valence-electron chi connectivity index (χ1n) is 10.7. The van der Waals surface area contributed by atoms with Crippen LogP contribution in [0.1, 0.15) is 23.1 Å². The summed E-state index contributed by atoms with van der Waals surface area (Å²) in [5.74, 6) is 0. The fourth-order valence-electron chi connectivity index (χ4n) is 3.48. The van der Waals surface area contributed by atoms with Crippen LogP contribution in [0.4, 0.5) is 0 Å². The summed E-state index contributed by atoms with van der Waals surface area (Å²) in [6.45, 7) is -1.11. The molecule has 0 spiro atoms. The summed E-state index contributed by atoms with van der Waals surface area (Å²) in [5, 5.41) is 10.3. The fraction of sp³-hybridized carbons (Fsp3) is 0.269. The number of nitriles is 1. The van der Waals surface area contributed by atoms with Crippen molar-refractivity contribution in [2.45, 2.75) is 25.9 Å². The Morgan fingerprint density at radius 1 is 0.781 bits per heavy atom. The van der Waals surface area contributed by atoms with Crippen LogP contribution in [-0.2, 0) is 33.5 Å². The third-order valence-corrected chi connectivity index (χ3v) is 8.29. The molecule has 0 aromatic heterocycles. The van der Waals surface area contributed by atoms with Gasteiger partial charge in [0.1, 0.15) is 0 Å². The van der Waals surface area contributed by atoms with E-state index >= 15 is 0 Å². The van der Waals surface area contributed by atoms with Crippen LogP contribution in [0.2, 0.25) is 0 Å². The van der Waals surface area contributed by atoms with Gasteiger partial charge in [0, 0.05) is 17.2 Å². The second-order valence-corrected chi connectivity index (χ2v) is 10.9. The Hall–Kier alpha value is -2.41. The molecule has 6 heteroatoms. The minimum absolute atomic E-state index is 0.386. The molecule has 32 heavy (non-hydrogen) atoms. The van der Waals surface area contributed by atoms with Gasteiger partial charge in [-0.2, -0.15) is 5.26 Å². The summed E-state index contributed by atoms with van der Waals surface area (Å²) in [6.07, 6.45) is 1.92. The monoisotopic (exact) mass is 467 g/mol. The highest BCUT2D eigenvalue weighted by Gasteiger charge is 2.26. The van der Waals surface area contributed by atoms with Crippen LogP contribution in [0.15, 0.2) is 78.9 Å². The molecule has 0 N–H and O–H groups in total. The maximum absolute atomic E-state index is 13.3. The molecular weight excluding hydrogens is 441 g/mol. The molecule has 3 aromatic rings. The number of rotatable bonds is 12. The number of aryl methyl sites for hydroxylation is 1. The van der Waals surface area contributed by atoms with Crippen molar-refractivity contribution >= 4 is 28.3 Å². The Kier molecular flexibility index (Phi) is 9.53. The zero-order valence-electron chi connectivity index (χ0n) is 18.0. The summed E-state index contributed by atoms with van der Waals surface area (Å²) in [7, 11) is 0. The summed E-state index contributed by atoms with van der Waals surface area (Å²) in [6, 6.07) is 26.9. The predicted octanol–water partition coefficient (Wildman–Crippen LogP) is 5.39. The third kappa shape index (κ3) is 6.79. The largest absolute Gasteiger partial charge is 0.379 e. The Labute approximate surface area is 194 Å². The lowest BCUT2D eigenvalue weighted by Gasteiger charge is -2.16. The molecule has 0 saturated carbocycles. The van der Waals surface area contributed by atoms with Gasteiger partial charge in [-0.15, -0.1) is 0 Å². The van der Waals surface area contributed by atoms with Crippen molar-refractivity contribution in [1.29, 1.82) is 5.26 Å². The predicted molar refractivity (Wildman–Crippen MR) is 130 cm³/mol. The summed E-state index contributed by atoms with van der Waals surface area (Å²) >= 11 is 6.56. The van der Waals surface area contributed by atoms with Crippen LogP contribution in [0.5, 0.6) is 0 Å². The topological polar surface area (TPSA) is 59.3 Å². The lowest BCUT2D eigenvalue weighted by atomic mass is 10.1. The van der Waals surface area contributed by atoms with Gasteiger partial charge in [0.15, 0.2) is 0 Å². The molecule has 0 radical (unpaired) electrons. The van der Waals surface area contributed by atoms with E-state index in [0.717, 1.165) is 29.5 Å². The standard InChI is InChI=1S/C26H27ClNO3P/c27-32(29,25-13-2-1-3-14-25)26-15-7-6-10-23(26)12-8-18-30-19-20-31-21-24-11-5-4-9-22(24)16-17-28/h1-7,9-11,13-15H,8,12,16,18-21H2. The number of nitrogens with zero attached hydrogens (tertiary/aromatic N) is 1. The van der Waals surface area contributed by atoms with Gasteiger partial charge in [0.25, 0.3) is 0 Å². The molecule has 0 bridgehead atoms. The zero-order valence-corrected chi connectivity index (χ0v) is 19.6. The van der Waals surface area contributed by atoms with Crippen molar-refractivity contribution in [3.8, 4) is 6.07 Å². The lowest BCUT2D eigenvalue weighted by Crippen LogP contribution is -2.16. The summed E-state index contributed by atoms with van der Waals surface area (Å²) in [5.41, 5.74) is 3.03. The molecule has 1 atom stereocenters. The number of hydrogen-bond donors (Lipinski definition) is 0. The molecule has 4 nitrogen and oxygen atoms in total. The first kappa shape index (κ1) is 24.2. The molecule has 0 saturated heterocycles. The van der Waals surface area contributed by atoms with Crippen molar-refractivity contribution < 1.29 is 14.0 Å².